The quantitative estimate of drug-likeness (QED) is 0.755. The van der Waals surface area contributed by atoms with Crippen LogP contribution in [-0.2, 0) is 6.54 Å². The average Bonchev–Trinajstić information content (AvgIpc) is 3.01. The van der Waals surface area contributed by atoms with Crippen LogP contribution < -0.4 is 0 Å². The lowest BCUT2D eigenvalue weighted by atomic mass is 10.1. The molecule has 2 aromatic rings. The Balaban J connectivity index is 1.80. The number of benzene rings is 1. The van der Waals surface area contributed by atoms with Gasteiger partial charge in [-0.3, -0.25) is 9.88 Å². The number of hydrogen-bond acceptors (Lipinski definition) is 2. The molecule has 0 radical (unpaired) electrons. The molecule has 1 aliphatic rings. The summed E-state index contributed by atoms with van der Waals surface area (Å²) in [4.78, 5) is 7.32. The minimum Gasteiger partial charge on any atom is -0.291 e. The highest BCUT2D eigenvalue weighted by Gasteiger charge is 2.21. The van der Waals surface area contributed by atoms with Gasteiger partial charge in [0.15, 0.2) is 0 Å². The van der Waals surface area contributed by atoms with Gasteiger partial charge in [0.05, 0.1) is 11.2 Å². The summed E-state index contributed by atoms with van der Waals surface area (Å²) in [5.74, 6) is 0. The molecule has 1 aromatic heterocycles. The highest BCUT2D eigenvalue weighted by Crippen LogP contribution is 2.25. The van der Waals surface area contributed by atoms with E-state index in [1.807, 2.05) is 6.08 Å². The Kier molecular flexibility index (Phi) is 4.12. The van der Waals surface area contributed by atoms with E-state index in [4.69, 9.17) is 4.98 Å². The van der Waals surface area contributed by atoms with Gasteiger partial charge < -0.3 is 0 Å². The van der Waals surface area contributed by atoms with Crippen LogP contribution in [0.25, 0.3) is 10.9 Å². The maximum atomic E-state index is 4.79. The molecule has 1 aromatic carbocycles. The van der Waals surface area contributed by atoms with Gasteiger partial charge in [-0.05, 0) is 25.0 Å². The van der Waals surface area contributed by atoms with Crippen molar-refractivity contribution < 1.29 is 0 Å². The first-order chi connectivity index (χ1) is 9.86. The molecule has 3 rings (SSSR count). The summed E-state index contributed by atoms with van der Waals surface area (Å²) in [6.45, 7) is 5.79. The molecule has 1 aliphatic carbocycles. The number of fused-ring (bicyclic) bond motifs is 1. The first kappa shape index (κ1) is 13.3. The Morgan fingerprint density at radius 1 is 1.15 bits per heavy atom. The number of hydrogen-bond donors (Lipinski definition) is 0. The molecule has 0 bridgehead atoms. The Hall–Kier alpha value is -1.67. The van der Waals surface area contributed by atoms with E-state index in [9.17, 15) is 0 Å². The van der Waals surface area contributed by atoms with E-state index in [1.165, 1.54) is 31.1 Å². The molecule has 0 aliphatic heterocycles. The molecule has 0 amide bonds. The minimum atomic E-state index is 0.710. The van der Waals surface area contributed by atoms with Crippen molar-refractivity contribution in [2.24, 2.45) is 0 Å². The number of para-hydroxylation sites is 1. The Bertz CT molecular complexity index is 585. The van der Waals surface area contributed by atoms with Crippen molar-refractivity contribution >= 4 is 10.9 Å². The lowest BCUT2D eigenvalue weighted by Crippen LogP contribution is -2.33. The Labute approximate surface area is 121 Å². The summed E-state index contributed by atoms with van der Waals surface area (Å²) in [6.07, 6.45) is 7.38. The first-order valence-corrected chi connectivity index (χ1v) is 7.56. The van der Waals surface area contributed by atoms with E-state index >= 15 is 0 Å². The van der Waals surface area contributed by atoms with Gasteiger partial charge in [0.2, 0.25) is 0 Å². The van der Waals surface area contributed by atoms with Gasteiger partial charge in [-0.25, -0.2) is 0 Å². The summed E-state index contributed by atoms with van der Waals surface area (Å²) in [7, 11) is 0. The normalized spacial score (nSPS) is 16.1. The van der Waals surface area contributed by atoms with Crippen LogP contribution in [0.1, 0.15) is 31.4 Å². The predicted octanol–water partition coefficient (Wildman–Crippen LogP) is 4.17. The topological polar surface area (TPSA) is 16.1 Å². The van der Waals surface area contributed by atoms with Crippen molar-refractivity contribution in [3.05, 3.63) is 54.7 Å². The van der Waals surface area contributed by atoms with E-state index in [0.717, 1.165) is 24.3 Å². The van der Waals surface area contributed by atoms with E-state index in [2.05, 4.69) is 47.9 Å². The van der Waals surface area contributed by atoms with Gasteiger partial charge >= 0.3 is 0 Å². The van der Waals surface area contributed by atoms with Crippen molar-refractivity contribution in [1.82, 2.24) is 9.88 Å². The monoisotopic (exact) mass is 266 g/mol. The second kappa shape index (κ2) is 6.19. The second-order valence-corrected chi connectivity index (χ2v) is 5.65. The molecule has 0 saturated heterocycles. The van der Waals surface area contributed by atoms with Gasteiger partial charge in [0.1, 0.15) is 0 Å². The van der Waals surface area contributed by atoms with E-state index in [1.54, 1.807) is 0 Å². The fourth-order valence-electron chi connectivity index (χ4n) is 3.18. The Morgan fingerprint density at radius 2 is 1.95 bits per heavy atom. The van der Waals surface area contributed by atoms with Crippen LogP contribution in [0.5, 0.6) is 0 Å². The highest BCUT2D eigenvalue weighted by atomic mass is 15.2. The largest absolute Gasteiger partial charge is 0.291 e. The van der Waals surface area contributed by atoms with Crippen LogP contribution >= 0.6 is 0 Å². The van der Waals surface area contributed by atoms with E-state index in [-0.39, 0.29) is 0 Å². The number of nitrogens with zero attached hydrogens (tertiary/aromatic N) is 2. The number of pyridine rings is 1. The van der Waals surface area contributed by atoms with Crippen molar-refractivity contribution in [1.29, 1.82) is 0 Å². The van der Waals surface area contributed by atoms with Crippen LogP contribution in [0, 0.1) is 0 Å². The third kappa shape index (κ3) is 2.91. The van der Waals surface area contributed by atoms with Gasteiger partial charge in [0, 0.05) is 24.5 Å². The number of rotatable bonds is 5. The van der Waals surface area contributed by atoms with Gasteiger partial charge in [-0.15, -0.1) is 6.58 Å². The standard InChI is InChI=1S/C18H22N2/c1-2-13-20(17-8-4-5-9-17)14-16-12-11-15-7-3-6-10-18(15)19-16/h2-3,6-7,10-12,17H,1,4-5,8-9,13-14H2. The summed E-state index contributed by atoms with van der Waals surface area (Å²) in [5, 5.41) is 1.22. The van der Waals surface area contributed by atoms with Gasteiger partial charge in [-0.1, -0.05) is 43.2 Å². The molecule has 2 heteroatoms. The third-order valence-corrected chi connectivity index (χ3v) is 4.23. The molecule has 1 heterocycles. The van der Waals surface area contributed by atoms with Crippen molar-refractivity contribution in [2.75, 3.05) is 6.54 Å². The fraction of sp³-hybridized carbons (Fsp3) is 0.389. The minimum absolute atomic E-state index is 0.710. The molecule has 1 fully saturated rings. The van der Waals surface area contributed by atoms with Crippen LogP contribution in [0.2, 0.25) is 0 Å². The average molecular weight is 266 g/mol. The Morgan fingerprint density at radius 3 is 2.75 bits per heavy atom. The molecule has 0 spiro atoms. The van der Waals surface area contributed by atoms with Gasteiger partial charge in [-0.2, -0.15) is 0 Å². The molecule has 1 saturated carbocycles. The molecule has 0 N–H and O–H groups in total. The number of aromatic nitrogens is 1. The fourth-order valence-corrected chi connectivity index (χ4v) is 3.18. The lowest BCUT2D eigenvalue weighted by molar-refractivity contribution is 0.209. The maximum absolute atomic E-state index is 4.79. The van der Waals surface area contributed by atoms with Crippen molar-refractivity contribution in [3.63, 3.8) is 0 Å². The second-order valence-electron chi connectivity index (χ2n) is 5.65. The van der Waals surface area contributed by atoms with Crippen molar-refractivity contribution in [2.45, 2.75) is 38.3 Å². The van der Waals surface area contributed by atoms with Gasteiger partial charge in [0.25, 0.3) is 0 Å². The third-order valence-electron chi connectivity index (χ3n) is 4.23. The lowest BCUT2D eigenvalue weighted by Gasteiger charge is -2.27. The zero-order valence-electron chi connectivity index (χ0n) is 12.0. The van der Waals surface area contributed by atoms with E-state index in [0.29, 0.717) is 6.04 Å². The summed E-state index contributed by atoms with van der Waals surface area (Å²) in [6, 6.07) is 13.4. The molecule has 0 atom stereocenters. The van der Waals surface area contributed by atoms with Crippen LogP contribution in [0.3, 0.4) is 0 Å². The highest BCUT2D eigenvalue weighted by molar-refractivity contribution is 5.78. The maximum Gasteiger partial charge on any atom is 0.0705 e. The SMILES string of the molecule is C=CCN(Cc1ccc2ccccc2n1)C1CCCC1. The molecule has 2 nitrogen and oxygen atoms in total. The van der Waals surface area contributed by atoms with Crippen molar-refractivity contribution in [3.8, 4) is 0 Å². The molecule has 104 valence electrons. The van der Waals surface area contributed by atoms with Crippen LogP contribution in [0.4, 0.5) is 0 Å². The molecular formula is C18H22N2. The van der Waals surface area contributed by atoms with Crippen LogP contribution in [-0.4, -0.2) is 22.5 Å². The smallest absolute Gasteiger partial charge is 0.0705 e. The predicted molar refractivity (Wildman–Crippen MR) is 84.6 cm³/mol. The summed E-state index contributed by atoms with van der Waals surface area (Å²) >= 11 is 0. The molecule has 0 unspecified atom stereocenters. The molecule has 20 heavy (non-hydrogen) atoms. The zero-order valence-corrected chi connectivity index (χ0v) is 12.0. The summed E-state index contributed by atoms with van der Waals surface area (Å²) in [5.41, 5.74) is 2.26. The van der Waals surface area contributed by atoms with Crippen LogP contribution in [0.15, 0.2) is 49.1 Å². The molecular weight excluding hydrogens is 244 g/mol. The zero-order chi connectivity index (χ0) is 13.8. The van der Waals surface area contributed by atoms with E-state index < -0.39 is 0 Å². The first-order valence-electron chi connectivity index (χ1n) is 7.56. The summed E-state index contributed by atoms with van der Waals surface area (Å²) < 4.78 is 0.